The number of cyclic esters (lactones) is 1. The first kappa shape index (κ1) is 22.9. The molecule has 1 aliphatic heterocycles. The molecule has 172 valence electrons. The Hall–Kier alpha value is -3.32. The van der Waals surface area contributed by atoms with E-state index in [1.54, 1.807) is 18.7 Å². The molecule has 1 amide bonds. The van der Waals surface area contributed by atoms with Crippen molar-refractivity contribution in [2.75, 3.05) is 6.54 Å². The lowest BCUT2D eigenvalue weighted by molar-refractivity contribution is -0.101. The molecule has 0 spiro atoms. The lowest BCUT2D eigenvalue weighted by atomic mass is 9.80. The first-order chi connectivity index (χ1) is 15.7. The molecule has 0 bridgehead atoms. The maximum Gasteiger partial charge on any atom is 0.411 e. The van der Waals surface area contributed by atoms with Crippen molar-refractivity contribution in [3.05, 3.63) is 83.9 Å². The summed E-state index contributed by atoms with van der Waals surface area (Å²) in [7, 11) is 0. The summed E-state index contributed by atoms with van der Waals surface area (Å²) >= 11 is 0. The average molecular weight is 450 g/mol. The van der Waals surface area contributed by atoms with Crippen LogP contribution in [0.5, 0.6) is 0 Å². The smallest absolute Gasteiger partial charge is 0.411 e. The lowest BCUT2D eigenvalue weighted by Crippen LogP contribution is -2.51. The Balaban J connectivity index is 1.53. The molecule has 4 rings (SSSR count). The van der Waals surface area contributed by atoms with Crippen molar-refractivity contribution < 1.29 is 19.0 Å². The molecule has 1 N–H and O–H groups in total. The third-order valence-electron chi connectivity index (χ3n) is 6.03. The summed E-state index contributed by atoms with van der Waals surface area (Å²) < 4.78 is 19.1. The van der Waals surface area contributed by atoms with E-state index in [1.807, 2.05) is 61.5 Å². The monoisotopic (exact) mass is 449 g/mol. The number of carbonyl (C=O) groups excluding carboxylic acids is 1. The summed E-state index contributed by atoms with van der Waals surface area (Å²) in [6.07, 6.45) is 2.74. The van der Waals surface area contributed by atoms with Gasteiger partial charge in [-0.15, -0.1) is 0 Å². The first-order valence-electron chi connectivity index (χ1n) is 11.0. The van der Waals surface area contributed by atoms with E-state index in [1.165, 1.54) is 0 Å². The zero-order valence-electron chi connectivity index (χ0n) is 19.0. The van der Waals surface area contributed by atoms with Crippen LogP contribution in [0.3, 0.4) is 0 Å². The second-order valence-corrected chi connectivity index (χ2v) is 9.18. The number of hydrogen-bond acceptors (Lipinski definition) is 5. The Bertz CT molecular complexity index is 1100. The van der Waals surface area contributed by atoms with Gasteiger partial charge in [0.1, 0.15) is 5.60 Å². The van der Waals surface area contributed by atoms with E-state index in [9.17, 15) is 14.3 Å². The number of benzene rings is 2. The quantitative estimate of drug-likeness (QED) is 0.557. The van der Waals surface area contributed by atoms with Crippen LogP contribution in [0.2, 0.25) is 0 Å². The highest BCUT2D eigenvalue weighted by molar-refractivity contribution is 5.70. The number of nitrogens with zero attached hydrogens (tertiary/aromatic N) is 3. The van der Waals surface area contributed by atoms with Gasteiger partial charge in [0.15, 0.2) is 11.6 Å². The van der Waals surface area contributed by atoms with Crippen LogP contribution in [0, 0.1) is 5.82 Å². The molecule has 33 heavy (non-hydrogen) atoms. The Morgan fingerprint density at radius 3 is 2.33 bits per heavy atom. The summed E-state index contributed by atoms with van der Waals surface area (Å²) in [4.78, 5) is 22.9. The normalized spacial score (nSPS) is 19.8. The highest BCUT2D eigenvalue weighted by Crippen LogP contribution is 2.42. The van der Waals surface area contributed by atoms with Gasteiger partial charge in [0.2, 0.25) is 0 Å². The number of amides is 1. The molecule has 2 atom stereocenters. The number of carbonyl (C=O) groups is 1. The van der Waals surface area contributed by atoms with Gasteiger partial charge in [0, 0.05) is 24.9 Å². The van der Waals surface area contributed by atoms with Gasteiger partial charge >= 0.3 is 6.09 Å². The van der Waals surface area contributed by atoms with Crippen molar-refractivity contribution in [2.24, 2.45) is 0 Å². The fourth-order valence-electron chi connectivity index (χ4n) is 4.44. The fraction of sp³-hybridized carbons (Fsp3) is 0.346. The van der Waals surface area contributed by atoms with Gasteiger partial charge in [-0.05, 0) is 31.9 Å². The van der Waals surface area contributed by atoms with Gasteiger partial charge in [-0.2, -0.15) is 0 Å². The maximum atomic E-state index is 13.2. The summed E-state index contributed by atoms with van der Waals surface area (Å²) in [6, 6.07) is 17.0. The van der Waals surface area contributed by atoms with Gasteiger partial charge < -0.3 is 14.7 Å². The van der Waals surface area contributed by atoms with Gasteiger partial charge in [-0.25, -0.2) is 19.2 Å². The Labute approximate surface area is 193 Å². The molecule has 0 aliphatic carbocycles. The molecule has 0 unspecified atom stereocenters. The third-order valence-corrected chi connectivity index (χ3v) is 6.03. The van der Waals surface area contributed by atoms with Crippen LogP contribution in [0.1, 0.15) is 50.8 Å². The van der Waals surface area contributed by atoms with Gasteiger partial charge in [0.25, 0.3) is 0 Å². The Morgan fingerprint density at radius 1 is 1.12 bits per heavy atom. The fourth-order valence-corrected chi connectivity index (χ4v) is 4.44. The van der Waals surface area contributed by atoms with Gasteiger partial charge in [0.05, 0.1) is 24.0 Å². The number of halogens is 1. The minimum absolute atomic E-state index is 0.211. The Kier molecular flexibility index (Phi) is 6.17. The molecule has 7 heteroatoms. The molecule has 0 saturated carbocycles. The number of ether oxygens (including phenoxy) is 1. The second kappa shape index (κ2) is 8.90. The summed E-state index contributed by atoms with van der Waals surface area (Å²) in [6.45, 7) is 5.91. The molecule has 6 nitrogen and oxygen atoms in total. The van der Waals surface area contributed by atoms with Crippen molar-refractivity contribution >= 4 is 6.09 Å². The predicted molar refractivity (Wildman–Crippen MR) is 123 cm³/mol. The van der Waals surface area contributed by atoms with Crippen molar-refractivity contribution in [2.45, 2.75) is 50.9 Å². The van der Waals surface area contributed by atoms with Crippen molar-refractivity contribution in [3.8, 4) is 11.4 Å². The summed E-state index contributed by atoms with van der Waals surface area (Å²) in [5.74, 6) is -0.0454. The van der Waals surface area contributed by atoms with Crippen LogP contribution in [0.15, 0.2) is 67.0 Å². The largest absolute Gasteiger partial charge is 0.438 e. The zero-order valence-corrected chi connectivity index (χ0v) is 19.0. The highest BCUT2D eigenvalue weighted by Gasteiger charge is 2.46. The minimum Gasteiger partial charge on any atom is -0.438 e. The van der Waals surface area contributed by atoms with Crippen LogP contribution in [-0.2, 0) is 10.3 Å². The standard InChI is InChI=1S/C26H28FN3O3/c1-18(19-9-11-20(12-10-19)23-28-15-22(27)16-29-23)30-14-13-26(33-24(30)31,17-25(2,3)32)21-7-5-4-6-8-21/h4-12,15-16,18,32H,13-14,17H2,1-3H3/t18-,26-/m0/s1. The van der Waals surface area contributed by atoms with E-state index in [0.29, 0.717) is 25.2 Å². The number of hydrogen-bond donors (Lipinski definition) is 1. The average Bonchev–Trinajstić information content (AvgIpc) is 2.79. The molecular weight excluding hydrogens is 421 g/mol. The van der Waals surface area contributed by atoms with Gasteiger partial charge in [-0.3, -0.25) is 0 Å². The van der Waals surface area contributed by atoms with Crippen LogP contribution < -0.4 is 0 Å². The molecule has 1 saturated heterocycles. The van der Waals surface area contributed by atoms with E-state index in [2.05, 4.69) is 9.97 Å². The summed E-state index contributed by atoms with van der Waals surface area (Å²) in [5, 5.41) is 10.5. The number of aromatic nitrogens is 2. The minimum atomic E-state index is -0.998. The van der Waals surface area contributed by atoms with E-state index in [-0.39, 0.29) is 6.04 Å². The molecule has 1 fully saturated rings. The molecule has 2 aromatic carbocycles. The van der Waals surface area contributed by atoms with Crippen LogP contribution in [-0.4, -0.2) is 38.2 Å². The third kappa shape index (κ3) is 5.03. The highest BCUT2D eigenvalue weighted by atomic mass is 19.1. The topological polar surface area (TPSA) is 75.6 Å². The number of rotatable bonds is 6. The zero-order chi connectivity index (χ0) is 23.6. The van der Waals surface area contributed by atoms with Crippen LogP contribution in [0.25, 0.3) is 11.4 Å². The predicted octanol–water partition coefficient (Wildman–Crippen LogP) is 5.24. The SMILES string of the molecule is C[C@@H](c1ccc(-c2ncc(F)cn2)cc1)N1CC[C@](CC(C)(C)O)(c2ccccc2)OC1=O. The lowest BCUT2D eigenvalue weighted by Gasteiger charge is -2.45. The molecule has 2 heterocycles. The second-order valence-electron chi connectivity index (χ2n) is 9.18. The van der Waals surface area contributed by atoms with Gasteiger partial charge in [-0.1, -0.05) is 54.6 Å². The van der Waals surface area contributed by atoms with Crippen LogP contribution in [0.4, 0.5) is 9.18 Å². The van der Waals surface area contributed by atoms with Crippen molar-refractivity contribution in [3.63, 3.8) is 0 Å². The van der Waals surface area contributed by atoms with E-state index >= 15 is 0 Å². The summed E-state index contributed by atoms with van der Waals surface area (Å²) in [5.41, 5.74) is 0.711. The molecular formula is C26H28FN3O3. The van der Waals surface area contributed by atoms with Crippen LogP contribution >= 0.6 is 0 Å². The van der Waals surface area contributed by atoms with Crippen molar-refractivity contribution in [1.82, 2.24) is 14.9 Å². The first-order valence-corrected chi connectivity index (χ1v) is 11.0. The Morgan fingerprint density at radius 2 is 1.76 bits per heavy atom. The number of aliphatic hydroxyl groups is 1. The molecule has 3 aromatic rings. The van der Waals surface area contributed by atoms with E-state index < -0.39 is 23.1 Å². The maximum absolute atomic E-state index is 13.2. The molecule has 1 aromatic heterocycles. The van der Waals surface area contributed by atoms with E-state index in [4.69, 9.17) is 4.74 Å². The molecule has 0 radical (unpaired) electrons. The molecule has 1 aliphatic rings. The van der Waals surface area contributed by atoms with E-state index in [0.717, 1.165) is 29.1 Å². The van der Waals surface area contributed by atoms with Crippen molar-refractivity contribution in [1.29, 1.82) is 0 Å².